The number of rotatable bonds is 27. The van der Waals surface area contributed by atoms with E-state index in [2.05, 4.69) is 26.4 Å². The van der Waals surface area contributed by atoms with Crippen LogP contribution in [0.1, 0.15) is 71.1 Å². The Labute approximate surface area is 314 Å². The first-order valence-corrected chi connectivity index (χ1v) is 17.0. The molecule has 0 radical (unpaired) electrons. The fourth-order valence-corrected chi connectivity index (χ4v) is 4.51. The number of ether oxygens (including phenoxy) is 5. The van der Waals surface area contributed by atoms with Gasteiger partial charge in [-0.25, -0.2) is 28.2 Å². The second-order valence-corrected chi connectivity index (χ2v) is 12.4. The largest absolute Gasteiger partial charge is 0.491 e. The Morgan fingerprint density at radius 2 is 1.18 bits per heavy atom. The van der Waals surface area contributed by atoms with Crippen molar-refractivity contribution >= 4 is 0 Å². The van der Waals surface area contributed by atoms with Gasteiger partial charge < -0.3 is 14.2 Å². The maximum Gasteiger partial charge on any atom is 0.460 e. The fourth-order valence-electron chi connectivity index (χ4n) is 4.51. The van der Waals surface area contributed by atoms with Gasteiger partial charge in [-0.15, -0.1) is 0 Å². The van der Waals surface area contributed by atoms with E-state index in [9.17, 15) is 74.6 Å². The van der Waals surface area contributed by atoms with Crippen molar-refractivity contribution in [1.29, 1.82) is 0 Å². The summed E-state index contributed by atoms with van der Waals surface area (Å²) in [7, 11) is 0. The lowest BCUT2D eigenvalue weighted by atomic mass is 10.1. The monoisotopic (exact) mass is 864 g/mol. The molecule has 328 valence electrons. The summed E-state index contributed by atoms with van der Waals surface area (Å²) in [5.74, 6) is -16.0. The van der Waals surface area contributed by atoms with Crippen LogP contribution in [0.15, 0.2) is 30.6 Å². The Bertz CT molecular complexity index is 1500. The molecule has 2 aromatic rings. The predicted octanol–water partition coefficient (Wildman–Crippen LogP) is 11.6. The molecule has 0 amide bonds. The van der Waals surface area contributed by atoms with Crippen LogP contribution in [0.3, 0.4) is 0 Å². The molecule has 0 fully saturated rings. The molecule has 24 heteroatoms. The zero-order valence-corrected chi connectivity index (χ0v) is 29.7. The second kappa shape index (κ2) is 20.5. The van der Waals surface area contributed by atoms with Gasteiger partial charge in [0, 0.05) is 5.56 Å². The van der Waals surface area contributed by atoms with E-state index in [0.29, 0.717) is 17.9 Å². The lowest BCUT2D eigenvalue weighted by molar-refractivity contribution is -0.543. The van der Waals surface area contributed by atoms with Crippen molar-refractivity contribution in [1.82, 2.24) is 9.97 Å². The molecule has 0 bridgehead atoms. The molecular formula is C33H37F17N2O5. The van der Waals surface area contributed by atoms with E-state index >= 15 is 0 Å². The van der Waals surface area contributed by atoms with Crippen molar-refractivity contribution in [2.45, 2.75) is 120 Å². The average molecular weight is 865 g/mol. The van der Waals surface area contributed by atoms with Crippen LogP contribution in [-0.4, -0.2) is 85.0 Å². The number of nitrogens with zero attached hydrogens (tertiary/aromatic N) is 2. The Morgan fingerprint density at radius 3 is 1.75 bits per heavy atom. The number of halogens is 17. The van der Waals surface area contributed by atoms with Crippen LogP contribution in [0.5, 0.6) is 11.5 Å². The van der Waals surface area contributed by atoms with Crippen LogP contribution in [0.4, 0.5) is 74.6 Å². The molecule has 0 saturated heterocycles. The Hall–Kier alpha value is -3.41. The van der Waals surface area contributed by atoms with Crippen LogP contribution in [-0.2, 0) is 14.2 Å². The molecule has 0 N–H and O–H groups in total. The Kier molecular flexibility index (Phi) is 17.9. The van der Waals surface area contributed by atoms with Crippen molar-refractivity contribution in [2.75, 3.05) is 26.4 Å². The first kappa shape index (κ1) is 49.7. The maximum atomic E-state index is 14.6. The van der Waals surface area contributed by atoms with Crippen molar-refractivity contribution in [3.05, 3.63) is 36.4 Å². The second-order valence-electron chi connectivity index (χ2n) is 12.4. The molecule has 0 aliphatic heterocycles. The molecule has 0 aliphatic rings. The third kappa shape index (κ3) is 14.4. The van der Waals surface area contributed by atoms with E-state index in [0.717, 1.165) is 31.7 Å². The maximum absolute atomic E-state index is 14.6. The van der Waals surface area contributed by atoms with Gasteiger partial charge in [0.25, 0.3) is 0 Å². The van der Waals surface area contributed by atoms with Gasteiger partial charge in [-0.05, 0) is 43.9 Å². The molecule has 57 heavy (non-hydrogen) atoms. The van der Waals surface area contributed by atoms with Crippen molar-refractivity contribution in [3.63, 3.8) is 0 Å². The molecule has 0 saturated carbocycles. The lowest BCUT2D eigenvalue weighted by Gasteiger charge is -2.36. The van der Waals surface area contributed by atoms with E-state index in [1.54, 1.807) is 0 Å². The minimum absolute atomic E-state index is 0.0199. The van der Waals surface area contributed by atoms with Crippen LogP contribution in [0.25, 0.3) is 11.4 Å². The third-order valence-electron chi connectivity index (χ3n) is 7.56. The first-order chi connectivity index (χ1) is 26.2. The third-order valence-corrected chi connectivity index (χ3v) is 7.56. The summed E-state index contributed by atoms with van der Waals surface area (Å²) in [5, 5.41) is 0. The number of unbranched alkanes of at least 4 members (excludes halogenated alkanes) is 7. The van der Waals surface area contributed by atoms with E-state index < -0.39 is 74.1 Å². The summed E-state index contributed by atoms with van der Waals surface area (Å²) in [4.78, 5) is 8.35. The number of aromatic nitrogens is 2. The number of benzene rings is 1. The SMILES string of the molecule is CCCCCCCCOc1cnc(-c2ccc(OCCCCCC(F)COCC(F)(F)OC(F)(F)C(F)(F)OC(F)(F)C(F)(F)C(F)(F)C(F)(F)F)c(F)c2)nc1. The number of hydrogen-bond acceptors (Lipinski definition) is 7. The van der Waals surface area contributed by atoms with E-state index in [-0.39, 0.29) is 37.4 Å². The lowest BCUT2D eigenvalue weighted by Crippen LogP contribution is -2.64. The Balaban J connectivity index is 1.73. The van der Waals surface area contributed by atoms with Crippen molar-refractivity contribution < 1.29 is 98.3 Å². The molecule has 1 heterocycles. The van der Waals surface area contributed by atoms with Gasteiger partial charge in [0.1, 0.15) is 12.8 Å². The van der Waals surface area contributed by atoms with Crippen LogP contribution in [0.2, 0.25) is 0 Å². The van der Waals surface area contributed by atoms with Gasteiger partial charge in [-0.1, -0.05) is 45.4 Å². The van der Waals surface area contributed by atoms with Crippen molar-refractivity contribution in [3.8, 4) is 22.9 Å². The summed E-state index contributed by atoms with van der Waals surface area (Å²) >= 11 is 0. The zero-order valence-electron chi connectivity index (χ0n) is 29.7. The fraction of sp³-hybridized carbons (Fsp3) is 0.697. The highest BCUT2D eigenvalue weighted by molar-refractivity contribution is 5.56. The molecule has 0 aliphatic carbocycles. The normalized spacial score (nSPS) is 14.2. The highest BCUT2D eigenvalue weighted by Crippen LogP contribution is 2.56. The Morgan fingerprint density at radius 1 is 0.632 bits per heavy atom. The molecular weight excluding hydrogens is 827 g/mol. The number of hydrogen-bond donors (Lipinski definition) is 0. The summed E-state index contributed by atoms with van der Waals surface area (Å²) in [6.07, 6.45) is -28.0. The molecule has 1 aromatic carbocycles. The van der Waals surface area contributed by atoms with Gasteiger partial charge in [0.15, 0.2) is 23.1 Å². The summed E-state index contributed by atoms with van der Waals surface area (Å²) < 4.78 is 244. The van der Waals surface area contributed by atoms with Gasteiger partial charge in [-0.3, -0.25) is 0 Å². The number of alkyl halides is 16. The molecule has 1 atom stereocenters. The van der Waals surface area contributed by atoms with E-state index in [4.69, 9.17) is 9.47 Å². The van der Waals surface area contributed by atoms with Gasteiger partial charge in [0.05, 0.1) is 32.2 Å². The molecule has 2 rings (SSSR count). The van der Waals surface area contributed by atoms with Crippen LogP contribution < -0.4 is 9.47 Å². The molecule has 1 aromatic heterocycles. The average Bonchev–Trinajstić information content (AvgIpc) is 3.08. The summed E-state index contributed by atoms with van der Waals surface area (Å²) in [6.45, 7) is -1.24. The van der Waals surface area contributed by atoms with E-state index in [1.165, 1.54) is 42.1 Å². The van der Waals surface area contributed by atoms with Crippen LogP contribution >= 0.6 is 0 Å². The zero-order chi connectivity index (χ0) is 43.3. The molecule has 0 spiro atoms. The van der Waals surface area contributed by atoms with Gasteiger partial charge in [0.2, 0.25) is 0 Å². The van der Waals surface area contributed by atoms with Gasteiger partial charge in [-0.2, -0.15) is 65.9 Å². The van der Waals surface area contributed by atoms with Crippen molar-refractivity contribution in [2.24, 2.45) is 0 Å². The van der Waals surface area contributed by atoms with Crippen LogP contribution in [0, 0.1) is 5.82 Å². The smallest absolute Gasteiger partial charge is 0.460 e. The van der Waals surface area contributed by atoms with Gasteiger partial charge >= 0.3 is 42.5 Å². The summed E-state index contributed by atoms with van der Waals surface area (Å²) in [6, 6.07) is 3.96. The van der Waals surface area contributed by atoms with E-state index in [1.807, 2.05) is 0 Å². The first-order valence-electron chi connectivity index (χ1n) is 17.0. The summed E-state index contributed by atoms with van der Waals surface area (Å²) in [5.41, 5.74) is 0.341. The molecule has 1 unspecified atom stereocenters. The quantitative estimate of drug-likeness (QED) is 0.0654. The topological polar surface area (TPSA) is 71.9 Å². The highest BCUT2D eigenvalue weighted by Gasteiger charge is 2.85. The highest BCUT2D eigenvalue weighted by atomic mass is 19.4. The standard InChI is InChI=1S/C33H37F17N2O5/c1-2-3-4-5-6-9-14-54-23-17-51-26(52-18-23)21-12-13-25(24(35)16-21)55-15-10-7-8-11-22(34)19-53-20-27(36,37)56-32(47,48)33(49,50)57-31(45,46)29(40,41)28(38,39)30(42,43)44/h12-13,16-18,22H,2-11,14-15,19-20H2,1H3. The minimum Gasteiger partial charge on any atom is -0.491 e. The minimum atomic E-state index is -7.97. The molecule has 7 nitrogen and oxygen atoms in total. The predicted molar refractivity (Wildman–Crippen MR) is 164 cm³/mol.